The molecule has 0 spiro atoms. The first kappa shape index (κ1) is 12.9. The molecule has 0 aromatic carbocycles. The van der Waals surface area contributed by atoms with Crippen LogP contribution in [0.15, 0.2) is 0 Å². The Hall–Kier alpha value is -0.0800. The summed E-state index contributed by atoms with van der Waals surface area (Å²) in [6.07, 6.45) is 11.5. The average molecular weight is 250 g/mol. The fraction of sp³-hybridized carbons (Fsp3) is 1.00. The van der Waals surface area contributed by atoms with Crippen molar-refractivity contribution >= 4 is 0 Å². The summed E-state index contributed by atoms with van der Waals surface area (Å²) < 4.78 is 0. The van der Waals surface area contributed by atoms with E-state index in [4.69, 9.17) is 5.84 Å². The molecule has 104 valence electrons. The van der Waals surface area contributed by atoms with Crippen LogP contribution in [0.3, 0.4) is 0 Å². The van der Waals surface area contributed by atoms with Crippen LogP contribution in [0.2, 0.25) is 0 Å². The van der Waals surface area contributed by atoms with Crippen LogP contribution in [-0.4, -0.2) is 6.04 Å². The number of nitrogens with two attached hydrogens (primary N) is 1. The number of hydrogen-bond acceptors (Lipinski definition) is 2. The summed E-state index contributed by atoms with van der Waals surface area (Å²) in [5.74, 6) is 9.85. The molecule has 4 fully saturated rings. The number of nitrogens with one attached hydrogen (secondary N) is 1. The van der Waals surface area contributed by atoms with E-state index in [1.165, 1.54) is 51.4 Å². The van der Waals surface area contributed by atoms with E-state index >= 15 is 0 Å². The molecule has 0 aromatic heterocycles. The SMILES string of the molecule is CCC(C)CC(NN)C12CC3CC(CC(C3)C1)C2. The first-order chi connectivity index (χ1) is 8.65. The van der Waals surface area contributed by atoms with E-state index < -0.39 is 0 Å². The molecule has 2 heteroatoms. The van der Waals surface area contributed by atoms with Gasteiger partial charge in [-0.1, -0.05) is 20.3 Å². The van der Waals surface area contributed by atoms with Crippen molar-refractivity contribution < 1.29 is 0 Å². The van der Waals surface area contributed by atoms with Gasteiger partial charge in [-0.25, -0.2) is 0 Å². The highest BCUT2D eigenvalue weighted by atomic mass is 15.2. The van der Waals surface area contributed by atoms with E-state index in [0.29, 0.717) is 11.5 Å². The molecule has 4 bridgehead atoms. The number of hydrogen-bond donors (Lipinski definition) is 2. The van der Waals surface area contributed by atoms with Gasteiger partial charge in [0.25, 0.3) is 0 Å². The largest absolute Gasteiger partial charge is 0.271 e. The van der Waals surface area contributed by atoms with Crippen LogP contribution in [0.4, 0.5) is 0 Å². The lowest BCUT2D eigenvalue weighted by molar-refractivity contribution is -0.0775. The van der Waals surface area contributed by atoms with Gasteiger partial charge in [0, 0.05) is 6.04 Å². The summed E-state index contributed by atoms with van der Waals surface area (Å²) in [6, 6.07) is 0.570. The summed E-state index contributed by atoms with van der Waals surface area (Å²) in [7, 11) is 0. The van der Waals surface area contributed by atoms with Crippen LogP contribution < -0.4 is 11.3 Å². The summed E-state index contributed by atoms with van der Waals surface area (Å²) in [5, 5.41) is 0. The molecule has 2 unspecified atom stereocenters. The Balaban J connectivity index is 1.76. The Morgan fingerprint density at radius 3 is 2.00 bits per heavy atom. The average Bonchev–Trinajstić information content (AvgIpc) is 2.33. The van der Waals surface area contributed by atoms with Crippen LogP contribution in [0, 0.1) is 29.1 Å². The molecule has 3 N–H and O–H groups in total. The molecule has 0 aliphatic heterocycles. The molecule has 4 rings (SSSR count). The maximum atomic E-state index is 5.95. The minimum Gasteiger partial charge on any atom is -0.271 e. The molecular formula is C16H30N2. The third-order valence-corrected chi connectivity index (χ3v) is 6.36. The summed E-state index contributed by atoms with van der Waals surface area (Å²) in [4.78, 5) is 0. The van der Waals surface area contributed by atoms with Gasteiger partial charge in [0.1, 0.15) is 0 Å². The quantitative estimate of drug-likeness (QED) is 0.579. The second-order valence-corrected chi connectivity index (χ2v) is 7.75. The lowest BCUT2D eigenvalue weighted by atomic mass is 9.47. The first-order valence-corrected chi connectivity index (χ1v) is 8.11. The lowest BCUT2D eigenvalue weighted by Gasteiger charge is -2.59. The van der Waals surface area contributed by atoms with Gasteiger partial charge >= 0.3 is 0 Å². The normalized spacial score (nSPS) is 45.2. The van der Waals surface area contributed by atoms with E-state index in [1.54, 1.807) is 0 Å². The van der Waals surface area contributed by atoms with Gasteiger partial charge < -0.3 is 0 Å². The van der Waals surface area contributed by atoms with Gasteiger partial charge in [-0.3, -0.25) is 11.3 Å². The van der Waals surface area contributed by atoms with Gasteiger partial charge in [-0.05, 0) is 74.0 Å². The predicted octanol–water partition coefficient (Wildman–Crippen LogP) is 3.47. The standard InChI is InChI=1S/C16H30N2/c1-3-11(2)4-15(18-17)16-8-12-5-13(9-16)7-14(6-12)10-16/h11-15,18H,3-10,17H2,1-2H3. The Labute approximate surface area is 112 Å². The van der Waals surface area contributed by atoms with E-state index in [0.717, 1.165) is 23.7 Å². The molecular weight excluding hydrogens is 220 g/mol. The van der Waals surface area contributed by atoms with Crippen molar-refractivity contribution in [2.75, 3.05) is 0 Å². The van der Waals surface area contributed by atoms with E-state index in [9.17, 15) is 0 Å². The van der Waals surface area contributed by atoms with Crippen molar-refractivity contribution in [2.45, 2.75) is 71.3 Å². The Bertz CT molecular complexity index is 264. The molecule has 4 aliphatic rings. The van der Waals surface area contributed by atoms with Gasteiger partial charge in [0.2, 0.25) is 0 Å². The smallest absolute Gasteiger partial charge is 0.0269 e. The molecule has 4 saturated carbocycles. The van der Waals surface area contributed by atoms with Crippen molar-refractivity contribution in [1.82, 2.24) is 5.43 Å². The molecule has 0 saturated heterocycles. The minimum atomic E-state index is 0.562. The van der Waals surface area contributed by atoms with Gasteiger partial charge in [-0.2, -0.15) is 0 Å². The third-order valence-electron chi connectivity index (χ3n) is 6.36. The highest BCUT2D eigenvalue weighted by molar-refractivity contribution is 5.05. The molecule has 0 amide bonds. The van der Waals surface area contributed by atoms with E-state index in [1.807, 2.05) is 0 Å². The molecule has 0 aromatic rings. The molecule has 18 heavy (non-hydrogen) atoms. The van der Waals surface area contributed by atoms with Crippen LogP contribution in [-0.2, 0) is 0 Å². The zero-order valence-corrected chi connectivity index (χ0v) is 12.1. The van der Waals surface area contributed by atoms with Crippen molar-refractivity contribution in [2.24, 2.45) is 34.9 Å². The molecule has 4 aliphatic carbocycles. The maximum Gasteiger partial charge on any atom is 0.0269 e. The fourth-order valence-corrected chi connectivity index (χ4v) is 5.67. The topological polar surface area (TPSA) is 38.0 Å². The summed E-state index contributed by atoms with van der Waals surface area (Å²) in [5.41, 5.74) is 3.79. The second kappa shape index (κ2) is 4.79. The zero-order valence-electron chi connectivity index (χ0n) is 12.1. The van der Waals surface area contributed by atoms with Crippen molar-refractivity contribution in [3.8, 4) is 0 Å². The van der Waals surface area contributed by atoms with Crippen LogP contribution >= 0.6 is 0 Å². The molecule has 0 radical (unpaired) electrons. The lowest BCUT2D eigenvalue weighted by Crippen LogP contribution is -2.57. The van der Waals surface area contributed by atoms with Crippen LogP contribution in [0.1, 0.15) is 65.2 Å². The predicted molar refractivity (Wildman–Crippen MR) is 75.8 cm³/mol. The Morgan fingerprint density at radius 2 is 1.61 bits per heavy atom. The molecule has 2 atom stereocenters. The fourth-order valence-electron chi connectivity index (χ4n) is 5.67. The van der Waals surface area contributed by atoms with Crippen molar-refractivity contribution in [1.29, 1.82) is 0 Å². The summed E-state index contributed by atoms with van der Waals surface area (Å²) >= 11 is 0. The van der Waals surface area contributed by atoms with Gasteiger partial charge in [0.15, 0.2) is 0 Å². The van der Waals surface area contributed by atoms with Crippen molar-refractivity contribution in [3.05, 3.63) is 0 Å². The monoisotopic (exact) mass is 250 g/mol. The number of hydrazine groups is 1. The highest BCUT2D eigenvalue weighted by Crippen LogP contribution is 2.61. The van der Waals surface area contributed by atoms with Crippen LogP contribution in [0.25, 0.3) is 0 Å². The van der Waals surface area contributed by atoms with E-state index in [2.05, 4.69) is 19.3 Å². The minimum absolute atomic E-state index is 0.562. The maximum absolute atomic E-state index is 5.95. The second-order valence-electron chi connectivity index (χ2n) is 7.75. The van der Waals surface area contributed by atoms with Gasteiger partial charge in [-0.15, -0.1) is 0 Å². The van der Waals surface area contributed by atoms with E-state index in [-0.39, 0.29) is 0 Å². The first-order valence-electron chi connectivity index (χ1n) is 8.11. The number of rotatable bonds is 5. The highest BCUT2D eigenvalue weighted by Gasteiger charge is 2.53. The zero-order chi connectivity index (χ0) is 12.8. The Kier molecular flexibility index (Phi) is 3.44. The Morgan fingerprint density at radius 1 is 1.11 bits per heavy atom. The molecule has 2 nitrogen and oxygen atoms in total. The third kappa shape index (κ3) is 2.12. The van der Waals surface area contributed by atoms with Crippen LogP contribution in [0.5, 0.6) is 0 Å². The summed E-state index contributed by atoms with van der Waals surface area (Å²) in [6.45, 7) is 4.68. The van der Waals surface area contributed by atoms with Crippen molar-refractivity contribution in [3.63, 3.8) is 0 Å². The van der Waals surface area contributed by atoms with Gasteiger partial charge in [0.05, 0.1) is 0 Å². The molecule has 0 heterocycles.